The molecule has 152 valence electrons. The third-order valence-corrected chi connectivity index (χ3v) is 4.87. The van der Waals surface area contributed by atoms with E-state index in [0.29, 0.717) is 12.1 Å². The molecule has 0 spiro atoms. The number of benzene rings is 2. The normalized spacial score (nSPS) is 17.5. The van der Waals surface area contributed by atoms with E-state index in [0.717, 1.165) is 23.4 Å². The topological polar surface area (TPSA) is 71.8 Å². The molecule has 1 aromatic heterocycles. The highest BCUT2D eigenvalue weighted by atomic mass is 35.5. The minimum atomic E-state index is -0.825. The molecule has 9 heteroatoms. The first-order valence-electron chi connectivity index (χ1n) is 8.97. The molecule has 2 atom stereocenters. The Bertz CT molecular complexity index is 1010. The van der Waals surface area contributed by atoms with Crippen molar-refractivity contribution in [2.45, 2.75) is 24.9 Å². The van der Waals surface area contributed by atoms with Crippen LogP contribution in [0.5, 0.6) is 0 Å². The Hall–Kier alpha value is -2.84. The van der Waals surface area contributed by atoms with Gasteiger partial charge in [-0.3, -0.25) is 4.79 Å². The SMILES string of the molecule is CNC(=O)c1ccc(-n2cc(CN[C@@H]3C[C@H]3c3ccc(F)c(F)c3)nn2)cc1.Cl. The lowest BCUT2D eigenvalue weighted by Crippen LogP contribution is -2.17. The molecule has 0 bridgehead atoms. The Kier molecular flexibility index (Phi) is 6.24. The van der Waals surface area contributed by atoms with Crippen LogP contribution in [-0.4, -0.2) is 34.0 Å². The standard InChI is InChI=1S/C20H19F2N5O.ClH/c1-23-20(28)12-2-5-15(6-3-12)27-11-14(25-26-27)10-24-19-9-16(19)13-4-7-17(21)18(22)8-13;/h2-8,11,16,19,24H,9-10H2,1H3,(H,23,28);1H/t16-,19+;/m0./s1. The first-order valence-corrected chi connectivity index (χ1v) is 8.97. The Morgan fingerprint density at radius 3 is 2.62 bits per heavy atom. The van der Waals surface area contributed by atoms with Gasteiger partial charge >= 0.3 is 0 Å². The lowest BCUT2D eigenvalue weighted by Gasteiger charge is -2.03. The van der Waals surface area contributed by atoms with E-state index in [1.807, 2.05) is 6.20 Å². The summed E-state index contributed by atoms with van der Waals surface area (Å²) in [5, 5.41) is 14.2. The van der Waals surface area contributed by atoms with E-state index < -0.39 is 11.6 Å². The smallest absolute Gasteiger partial charge is 0.251 e. The molecule has 1 saturated carbocycles. The van der Waals surface area contributed by atoms with E-state index in [9.17, 15) is 13.6 Å². The van der Waals surface area contributed by atoms with Gasteiger partial charge in [0.2, 0.25) is 0 Å². The Balaban J connectivity index is 0.00000240. The molecule has 1 aliphatic carbocycles. The molecule has 4 rings (SSSR count). The number of rotatable bonds is 6. The zero-order valence-corrected chi connectivity index (χ0v) is 16.4. The summed E-state index contributed by atoms with van der Waals surface area (Å²) in [6, 6.07) is 11.3. The molecule has 1 aliphatic rings. The number of hydrogen-bond donors (Lipinski definition) is 2. The van der Waals surface area contributed by atoms with Crippen molar-refractivity contribution in [3.05, 3.63) is 77.1 Å². The van der Waals surface area contributed by atoms with Crippen LogP contribution in [0.4, 0.5) is 8.78 Å². The summed E-state index contributed by atoms with van der Waals surface area (Å²) in [5.74, 6) is -1.60. The second-order valence-corrected chi connectivity index (χ2v) is 6.78. The van der Waals surface area contributed by atoms with Gasteiger partial charge in [0.1, 0.15) is 0 Å². The number of carbonyl (C=O) groups excluding carboxylic acids is 1. The highest BCUT2D eigenvalue weighted by molar-refractivity contribution is 5.94. The number of nitrogens with one attached hydrogen (secondary N) is 2. The minimum Gasteiger partial charge on any atom is -0.355 e. The zero-order chi connectivity index (χ0) is 19.7. The summed E-state index contributed by atoms with van der Waals surface area (Å²) in [5.41, 5.74) is 2.95. The van der Waals surface area contributed by atoms with Crippen molar-refractivity contribution in [1.29, 1.82) is 0 Å². The Morgan fingerprint density at radius 1 is 1.17 bits per heavy atom. The molecule has 2 aromatic carbocycles. The van der Waals surface area contributed by atoms with Crippen LogP contribution >= 0.6 is 12.4 Å². The lowest BCUT2D eigenvalue weighted by atomic mass is 10.1. The van der Waals surface area contributed by atoms with Gasteiger partial charge in [0, 0.05) is 31.1 Å². The molecule has 0 unspecified atom stereocenters. The van der Waals surface area contributed by atoms with Crippen molar-refractivity contribution in [2.24, 2.45) is 0 Å². The van der Waals surface area contributed by atoms with Crippen LogP contribution in [0.1, 0.15) is 34.0 Å². The van der Waals surface area contributed by atoms with Crippen LogP contribution in [0, 0.1) is 11.6 Å². The van der Waals surface area contributed by atoms with Crippen molar-refractivity contribution in [3.63, 3.8) is 0 Å². The number of amides is 1. The van der Waals surface area contributed by atoms with Crippen molar-refractivity contribution < 1.29 is 13.6 Å². The van der Waals surface area contributed by atoms with E-state index in [2.05, 4.69) is 20.9 Å². The fourth-order valence-corrected chi connectivity index (χ4v) is 3.18. The van der Waals surface area contributed by atoms with Crippen LogP contribution in [-0.2, 0) is 6.54 Å². The molecule has 0 saturated heterocycles. The quantitative estimate of drug-likeness (QED) is 0.644. The van der Waals surface area contributed by atoms with Gasteiger partial charge in [0.15, 0.2) is 11.6 Å². The average molecular weight is 420 g/mol. The highest BCUT2D eigenvalue weighted by Crippen LogP contribution is 2.41. The Labute approximate surface area is 172 Å². The molecule has 1 fully saturated rings. The van der Waals surface area contributed by atoms with E-state index in [4.69, 9.17) is 0 Å². The van der Waals surface area contributed by atoms with E-state index in [1.165, 1.54) is 12.1 Å². The predicted molar refractivity (Wildman–Crippen MR) is 106 cm³/mol. The maximum atomic E-state index is 13.4. The van der Waals surface area contributed by atoms with Gasteiger partial charge in [-0.25, -0.2) is 13.5 Å². The third kappa shape index (κ3) is 4.60. The average Bonchev–Trinajstić information content (AvgIpc) is 3.34. The maximum absolute atomic E-state index is 13.4. The van der Waals surface area contributed by atoms with Crippen LogP contribution in [0.25, 0.3) is 5.69 Å². The molecule has 3 aromatic rings. The summed E-state index contributed by atoms with van der Waals surface area (Å²) < 4.78 is 28.0. The van der Waals surface area contributed by atoms with Crippen molar-refractivity contribution >= 4 is 18.3 Å². The first-order chi connectivity index (χ1) is 13.5. The fourth-order valence-electron chi connectivity index (χ4n) is 3.18. The van der Waals surface area contributed by atoms with Crippen LogP contribution < -0.4 is 10.6 Å². The molecule has 6 nitrogen and oxygen atoms in total. The monoisotopic (exact) mass is 419 g/mol. The molecular formula is C20H20ClF2N5O. The largest absolute Gasteiger partial charge is 0.355 e. The molecule has 29 heavy (non-hydrogen) atoms. The van der Waals surface area contributed by atoms with Gasteiger partial charge in [0.05, 0.1) is 17.6 Å². The van der Waals surface area contributed by atoms with Crippen molar-refractivity contribution in [3.8, 4) is 5.69 Å². The van der Waals surface area contributed by atoms with Gasteiger partial charge in [0.25, 0.3) is 5.91 Å². The maximum Gasteiger partial charge on any atom is 0.251 e. The van der Waals surface area contributed by atoms with Gasteiger partial charge in [-0.1, -0.05) is 11.3 Å². The second-order valence-electron chi connectivity index (χ2n) is 6.78. The van der Waals surface area contributed by atoms with Crippen LogP contribution in [0.2, 0.25) is 0 Å². The molecule has 0 radical (unpaired) electrons. The third-order valence-electron chi connectivity index (χ3n) is 4.87. The minimum absolute atomic E-state index is 0. The second kappa shape index (κ2) is 8.67. The van der Waals surface area contributed by atoms with E-state index >= 15 is 0 Å². The molecule has 1 heterocycles. The van der Waals surface area contributed by atoms with Gasteiger partial charge in [-0.05, 0) is 48.4 Å². The summed E-state index contributed by atoms with van der Waals surface area (Å²) in [4.78, 5) is 11.6. The van der Waals surface area contributed by atoms with E-state index in [1.54, 1.807) is 42.1 Å². The molecule has 1 amide bonds. The summed E-state index contributed by atoms with van der Waals surface area (Å²) >= 11 is 0. The number of hydrogen-bond acceptors (Lipinski definition) is 4. The summed E-state index contributed by atoms with van der Waals surface area (Å²) in [6.07, 6.45) is 2.69. The van der Waals surface area contributed by atoms with Crippen molar-refractivity contribution in [2.75, 3.05) is 7.05 Å². The molecular weight excluding hydrogens is 400 g/mol. The fraction of sp³-hybridized carbons (Fsp3) is 0.250. The summed E-state index contributed by atoms with van der Waals surface area (Å²) in [6.45, 7) is 0.529. The highest BCUT2D eigenvalue weighted by Gasteiger charge is 2.38. The number of carbonyl (C=O) groups is 1. The number of halogens is 3. The number of nitrogens with zero attached hydrogens (tertiary/aromatic N) is 3. The molecule has 2 N–H and O–H groups in total. The molecule has 0 aliphatic heterocycles. The zero-order valence-electron chi connectivity index (χ0n) is 15.6. The summed E-state index contributed by atoms with van der Waals surface area (Å²) in [7, 11) is 1.59. The Morgan fingerprint density at radius 2 is 1.93 bits per heavy atom. The van der Waals surface area contributed by atoms with E-state index in [-0.39, 0.29) is 30.3 Å². The number of aromatic nitrogens is 3. The predicted octanol–water partition coefficient (Wildman–Crippen LogP) is 2.97. The van der Waals surface area contributed by atoms with Crippen LogP contribution in [0.15, 0.2) is 48.7 Å². The van der Waals surface area contributed by atoms with Crippen molar-refractivity contribution in [1.82, 2.24) is 25.6 Å². The van der Waals surface area contributed by atoms with Crippen LogP contribution in [0.3, 0.4) is 0 Å². The first kappa shape index (κ1) is 20.9. The van der Waals surface area contributed by atoms with Gasteiger partial charge in [-0.15, -0.1) is 17.5 Å². The van der Waals surface area contributed by atoms with Gasteiger partial charge in [-0.2, -0.15) is 0 Å². The van der Waals surface area contributed by atoms with Gasteiger partial charge < -0.3 is 10.6 Å². The lowest BCUT2D eigenvalue weighted by molar-refractivity contribution is 0.0963.